The number of nitrogens with zero attached hydrogens (tertiary/aromatic N) is 4. The molecular weight excluding hydrogens is 432 g/mol. The van der Waals surface area contributed by atoms with Crippen LogP contribution in [0.2, 0.25) is 0 Å². The van der Waals surface area contributed by atoms with E-state index in [1.165, 1.54) is 18.2 Å². The second-order valence-electron chi connectivity index (χ2n) is 7.93. The summed E-state index contributed by atoms with van der Waals surface area (Å²) in [6, 6.07) is 21.7. The number of para-hydroxylation sites is 1. The van der Waals surface area contributed by atoms with Crippen LogP contribution >= 0.6 is 0 Å². The van der Waals surface area contributed by atoms with Gasteiger partial charge in [0.1, 0.15) is 5.56 Å². The first-order valence-electron chi connectivity index (χ1n) is 10.7. The molecule has 0 saturated heterocycles. The zero-order valence-corrected chi connectivity index (χ0v) is 18.9. The minimum absolute atomic E-state index is 0.0686. The number of nitro groups is 1. The SMILES string of the molecule is Cc1ccc(CNc2nc(NCc3ccc(C)cc3)n(C(=O)c3ccccc3[N+](=O)[O-])n2)cc1. The Morgan fingerprint density at radius 2 is 1.44 bits per heavy atom. The first kappa shape index (κ1) is 22.7. The van der Waals surface area contributed by atoms with Gasteiger partial charge in [-0.15, -0.1) is 5.10 Å². The molecule has 1 aromatic heterocycles. The second-order valence-corrected chi connectivity index (χ2v) is 7.93. The van der Waals surface area contributed by atoms with Gasteiger partial charge in [0.2, 0.25) is 11.9 Å². The average Bonchev–Trinajstić information content (AvgIpc) is 3.26. The van der Waals surface area contributed by atoms with Crippen molar-refractivity contribution in [2.75, 3.05) is 10.6 Å². The third-order valence-electron chi connectivity index (χ3n) is 5.27. The van der Waals surface area contributed by atoms with Gasteiger partial charge in [-0.2, -0.15) is 9.67 Å². The second kappa shape index (κ2) is 9.95. The molecule has 2 N–H and O–H groups in total. The van der Waals surface area contributed by atoms with Crippen LogP contribution in [0.1, 0.15) is 32.6 Å². The zero-order valence-electron chi connectivity index (χ0n) is 18.9. The van der Waals surface area contributed by atoms with Crippen LogP contribution < -0.4 is 10.6 Å². The Hall–Kier alpha value is -4.53. The number of aromatic nitrogens is 3. The molecule has 0 bridgehead atoms. The molecule has 0 aliphatic rings. The molecule has 0 aliphatic carbocycles. The fourth-order valence-corrected chi connectivity index (χ4v) is 3.34. The Kier molecular flexibility index (Phi) is 6.63. The zero-order chi connectivity index (χ0) is 24.1. The lowest BCUT2D eigenvalue weighted by molar-refractivity contribution is -0.385. The molecule has 9 heteroatoms. The van der Waals surface area contributed by atoms with E-state index >= 15 is 0 Å². The minimum Gasteiger partial charge on any atom is -0.350 e. The summed E-state index contributed by atoms with van der Waals surface area (Å²) in [5.41, 5.74) is 3.96. The Labute approximate surface area is 196 Å². The predicted octanol–water partition coefficient (Wildman–Crippen LogP) is 4.72. The Morgan fingerprint density at radius 1 is 0.882 bits per heavy atom. The fraction of sp³-hybridized carbons (Fsp3) is 0.160. The molecule has 9 nitrogen and oxygen atoms in total. The number of rotatable bonds is 8. The third kappa shape index (κ3) is 5.26. The summed E-state index contributed by atoms with van der Waals surface area (Å²) >= 11 is 0. The Morgan fingerprint density at radius 3 is 2.03 bits per heavy atom. The van der Waals surface area contributed by atoms with E-state index in [1.54, 1.807) is 6.07 Å². The topological polar surface area (TPSA) is 115 Å². The number of hydrogen-bond donors (Lipinski definition) is 2. The molecule has 3 aromatic carbocycles. The highest BCUT2D eigenvalue weighted by Gasteiger charge is 2.25. The predicted molar refractivity (Wildman–Crippen MR) is 130 cm³/mol. The average molecular weight is 457 g/mol. The third-order valence-corrected chi connectivity index (χ3v) is 5.27. The molecule has 4 aromatic rings. The number of benzene rings is 3. The van der Waals surface area contributed by atoms with Crippen LogP contribution in [0.4, 0.5) is 17.6 Å². The molecule has 0 fully saturated rings. The minimum atomic E-state index is -0.644. The maximum Gasteiger partial charge on any atom is 0.288 e. The van der Waals surface area contributed by atoms with Gasteiger partial charge in [0.15, 0.2) is 0 Å². The van der Waals surface area contributed by atoms with E-state index in [-0.39, 0.29) is 23.1 Å². The van der Waals surface area contributed by atoms with Crippen molar-refractivity contribution in [1.82, 2.24) is 14.8 Å². The fourth-order valence-electron chi connectivity index (χ4n) is 3.34. The highest BCUT2D eigenvalue weighted by atomic mass is 16.6. The molecule has 0 amide bonds. The molecule has 0 saturated carbocycles. The normalized spacial score (nSPS) is 10.6. The summed E-state index contributed by atoms with van der Waals surface area (Å²) in [4.78, 5) is 28.6. The van der Waals surface area contributed by atoms with Gasteiger partial charge in [-0.3, -0.25) is 14.9 Å². The van der Waals surface area contributed by atoms with Crippen LogP contribution in [0.5, 0.6) is 0 Å². The molecule has 0 aliphatic heterocycles. The monoisotopic (exact) mass is 456 g/mol. The summed E-state index contributed by atoms with van der Waals surface area (Å²) in [6.07, 6.45) is 0. The van der Waals surface area contributed by atoms with E-state index in [9.17, 15) is 14.9 Å². The summed E-state index contributed by atoms with van der Waals surface area (Å²) in [5.74, 6) is -0.219. The van der Waals surface area contributed by atoms with Crippen molar-refractivity contribution < 1.29 is 9.72 Å². The van der Waals surface area contributed by atoms with Gasteiger partial charge in [0.05, 0.1) is 4.92 Å². The van der Waals surface area contributed by atoms with E-state index in [1.807, 2.05) is 62.4 Å². The number of hydrogen-bond acceptors (Lipinski definition) is 7. The van der Waals surface area contributed by atoms with Gasteiger partial charge >= 0.3 is 0 Å². The molecule has 172 valence electrons. The molecule has 0 radical (unpaired) electrons. The van der Waals surface area contributed by atoms with Gasteiger partial charge in [0.25, 0.3) is 11.6 Å². The lowest BCUT2D eigenvalue weighted by atomic mass is 10.1. The number of carbonyl (C=O) groups excluding carboxylic acids is 1. The van der Waals surface area contributed by atoms with Crippen LogP contribution in [-0.2, 0) is 13.1 Å². The Bertz CT molecular complexity index is 1310. The molecule has 1 heterocycles. The number of anilines is 2. The van der Waals surface area contributed by atoms with E-state index in [2.05, 4.69) is 20.7 Å². The van der Waals surface area contributed by atoms with Crippen molar-refractivity contribution in [3.05, 3.63) is 111 Å². The maximum atomic E-state index is 13.3. The smallest absolute Gasteiger partial charge is 0.288 e. The van der Waals surface area contributed by atoms with Gasteiger partial charge in [0, 0.05) is 19.2 Å². The van der Waals surface area contributed by atoms with Crippen molar-refractivity contribution in [3.63, 3.8) is 0 Å². The van der Waals surface area contributed by atoms with E-state index in [0.717, 1.165) is 26.9 Å². The van der Waals surface area contributed by atoms with Gasteiger partial charge in [-0.25, -0.2) is 0 Å². The van der Waals surface area contributed by atoms with Crippen LogP contribution in [-0.4, -0.2) is 25.6 Å². The molecule has 0 atom stereocenters. The highest BCUT2D eigenvalue weighted by Crippen LogP contribution is 2.21. The molecular formula is C25H24N6O3. The lowest BCUT2D eigenvalue weighted by Gasteiger charge is -2.08. The van der Waals surface area contributed by atoms with Crippen molar-refractivity contribution in [1.29, 1.82) is 0 Å². The van der Waals surface area contributed by atoms with Crippen LogP contribution in [0.3, 0.4) is 0 Å². The van der Waals surface area contributed by atoms with Crippen molar-refractivity contribution in [3.8, 4) is 0 Å². The summed E-state index contributed by atoms with van der Waals surface area (Å²) in [5, 5.41) is 22.0. The molecule has 0 spiro atoms. The first-order chi connectivity index (χ1) is 16.4. The first-order valence-corrected chi connectivity index (χ1v) is 10.7. The van der Waals surface area contributed by atoms with E-state index in [4.69, 9.17) is 0 Å². The highest BCUT2D eigenvalue weighted by molar-refractivity contribution is 6.00. The summed E-state index contributed by atoms with van der Waals surface area (Å²) in [7, 11) is 0. The van der Waals surface area contributed by atoms with Gasteiger partial charge < -0.3 is 10.6 Å². The van der Waals surface area contributed by atoms with Crippen LogP contribution in [0.15, 0.2) is 72.8 Å². The van der Waals surface area contributed by atoms with Crippen molar-refractivity contribution in [2.24, 2.45) is 0 Å². The quantitative estimate of drug-likeness (QED) is 0.291. The summed E-state index contributed by atoms with van der Waals surface area (Å²) in [6.45, 7) is 4.88. The number of nitro benzene ring substituents is 1. The lowest BCUT2D eigenvalue weighted by Crippen LogP contribution is -2.18. The van der Waals surface area contributed by atoms with Crippen LogP contribution in [0, 0.1) is 24.0 Å². The molecule has 0 unspecified atom stereocenters. The van der Waals surface area contributed by atoms with Crippen molar-refractivity contribution in [2.45, 2.75) is 26.9 Å². The number of nitrogens with one attached hydrogen (secondary N) is 2. The molecule has 4 rings (SSSR count). The maximum absolute atomic E-state index is 13.3. The van der Waals surface area contributed by atoms with Gasteiger partial charge in [-0.05, 0) is 31.0 Å². The van der Waals surface area contributed by atoms with Crippen molar-refractivity contribution >= 4 is 23.5 Å². The summed E-state index contributed by atoms with van der Waals surface area (Å²) < 4.78 is 1.06. The van der Waals surface area contributed by atoms with E-state index < -0.39 is 10.8 Å². The largest absolute Gasteiger partial charge is 0.350 e. The van der Waals surface area contributed by atoms with Crippen LogP contribution in [0.25, 0.3) is 0 Å². The van der Waals surface area contributed by atoms with Gasteiger partial charge in [-0.1, -0.05) is 71.8 Å². The van der Waals surface area contributed by atoms with E-state index in [0.29, 0.717) is 13.1 Å². The number of aryl methyl sites for hydroxylation is 2. The molecule has 34 heavy (non-hydrogen) atoms. The Balaban J connectivity index is 1.62. The number of carbonyl (C=O) groups is 1. The standard InChI is InChI=1S/C25H24N6O3/c1-17-7-11-19(12-8-17)15-26-24-28-25(27-16-20-13-9-18(2)10-14-20)30(29-24)23(32)21-5-3-4-6-22(21)31(33)34/h3-14H,15-16H2,1-2H3,(H2,26,27,28,29).